The molecule has 3 aromatic rings. The summed E-state index contributed by atoms with van der Waals surface area (Å²) in [5, 5.41) is 11.7. The number of sulfonamides is 1. The third-order valence-corrected chi connectivity index (χ3v) is 9.68. The van der Waals surface area contributed by atoms with E-state index in [-0.39, 0.29) is 24.7 Å². The number of nitrogens with zero attached hydrogens (tertiary/aromatic N) is 2. The lowest BCUT2D eigenvalue weighted by Crippen LogP contribution is -2.55. The minimum absolute atomic E-state index is 0.227. The molecule has 35 heavy (non-hydrogen) atoms. The molecule has 0 amide bonds. The first-order valence-corrected chi connectivity index (χ1v) is 13.5. The number of anilines is 1. The first kappa shape index (κ1) is 25.7. The minimum Gasteiger partial charge on any atom is -0.376 e. The monoisotopic (exact) mass is 524 g/mol. The zero-order valence-corrected chi connectivity index (χ0v) is 21.0. The van der Waals surface area contributed by atoms with Crippen LogP contribution in [0.4, 0.5) is 18.9 Å². The van der Waals surface area contributed by atoms with Crippen LogP contribution in [-0.2, 0) is 22.0 Å². The van der Waals surface area contributed by atoms with E-state index in [4.69, 9.17) is 0 Å². The molecule has 0 spiro atoms. The Morgan fingerprint density at radius 3 is 2.26 bits per heavy atom. The van der Waals surface area contributed by atoms with E-state index in [1.54, 1.807) is 29.6 Å². The van der Waals surface area contributed by atoms with E-state index in [0.29, 0.717) is 22.9 Å². The second-order valence-corrected chi connectivity index (χ2v) is 12.1. The summed E-state index contributed by atoms with van der Waals surface area (Å²) in [5.41, 5.74) is -0.374. The molecule has 0 radical (unpaired) electrons. The van der Waals surface area contributed by atoms with E-state index in [1.807, 2.05) is 36.1 Å². The van der Waals surface area contributed by atoms with Gasteiger partial charge in [0.2, 0.25) is 0 Å². The van der Waals surface area contributed by atoms with Gasteiger partial charge >= 0.3 is 6.18 Å². The Balaban J connectivity index is 1.63. The third-order valence-electron chi connectivity index (χ3n) is 6.44. The predicted molar refractivity (Wildman–Crippen MR) is 131 cm³/mol. The number of piperazine rings is 1. The van der Waals surface area contributed by atoms with Gasteiger partial charge in [0.25, 0.3) is 10.0 Å². The van der Waals surface area contributed by atoms with Crippen molar-refractivity contribution in [1.29, 1.82) is 0 Å². The van der Waals surface area contributed by atoms with Gasteiger partial charge < -0.3 is 10.0 Å². The van der Waals surface area contributed by atoms with E-state index in [0.717, 1.165) is 18.1 Å². The average Bonchev–Trinajstić information content (AvgIpc) is 3.36. The van der Waals surface area contributed by atoms with Crippen molar-refractivity contribution in [3.8, 4) is 0 Å². The number of thiophene rings is 1. The number of halogens is 3. The predicted octanol–water partition coefficient (Wildman–Crippen LogP) is 4.95. The Hall–Kier alpha value is -2.40. The molecular formula is C25H27F3N2O3S2. The van der Waals surface area contributed by atoms with Crippen LogP contribution < -0.4 is 4.90 Å². The highest BCUT2D eigenvalue weighted by Gasteiger charge is 2.51. The molecule has 1 saturated heterocycles. The Morgan fingerprint density at radius 1 is 1.03 bits per heavy atom. The van der Waals surface area contributed by atoms with E-state index in [2.05, 4.69) is 0 Å². The van der Waals surface area contributed by atoms with Crippen LogP contribution in [0, 0.1) is 6.92 Å². The number of aryl methyl sites for hydroxylation is 1. The molecule has 1 aliphatic heterocycles. The van der Waals surface area contributed by atoms with Gasteiger partial charge in [-0.15, -0.1) is 11.3 Å². The van der Waals surface area contributed by atoms with Crippen molar-refractivity contribution in [1.82, 2.24) is 4.31 Å². The molecule has 2 heterocycles. The van der Waals surface area contributed by atoms with Crippen molar-refractivity contribution < 1.29 is 26.7 Å². The Labute approximate surface area is 207 Å². The van der Waals surface area contributed by atoms with Crippen molar-refractivity contribution in [2.24, 2.45) is 0 Å². The van der Waals surface area contributed by atoms with Gasteiger partial charge in [-0.3, -0.25) is 0 Å². The number of alkyl halides is 3. The summed E-state index contributed by atoms with van der Waals surface area (Å²) >= 11 is 1.17. The van der Waals surface area contributed by atoms with Crippen LogP contribution in [0.1, 0.15) is 23.6 Å². The molecular weight excluding hydrogens is 497 g/mol. The maximum absolute atomic E-state index is 13.3. The van der Waals surface area contributed by atoms with Crippen LogP contribution in [0.3, 0.4) is 0 Å². The molecule has 10 heteroatoms. The van der Waals surface area contributed by atoms with Crippen LogP contribution >= 0.6 is 11.3 Å². The molecule has 1 aliphatic rings. The van der Waals surface area contributed by atoms with Gasteiger partial charge in [0.05, 0.1) is 0 Å². The normalized spacial score (nSPS) is 19.5. The molecule has 4 rings (SSSR count). The standard InChI is InChI=1S/C25H27F3N2O3S2/c1-18-5-7-19(8-6-18)16-22-17-29(35(32,33)23-4-3-15-34-23)13-14-30(22)21-11-9-20(10-12-21)24(2,31)25(26,27)28/h3-12,15,22,31H,13-14,16-17H2,1-2H3/t22-,24?/m0/s1. The molecule has 1 aromatic heterocycles. The summed E-state index contributed by atoms with van der Waals surface area (Å²) in [5.74, 6) is 0. The average molecular weight is 525 g/mol. The summed E-state index contributed by atoms with van der Waals surface area (Å²) in [7, 11) is -3.63. The van der Waals surface area contributed by atoms with Crippen LogP contribution in [0.5, 0.6) is 0 Å². The molecule has 2 aromatic carbocycles. The quantitative estimate of drug-likeness (QED) is 0.496. The zero-order chi connectivity index (χ0) is 25.4. The minimum atomic E-state index is -4.80. The fraction of sp³-hybridized carbons (Fsp3) is 0.360. The highest BCUT2D eigenvalue weighted by molar-refractivity contribution is 7.91. The second-order valence-electron chi connectivity index (χ2n) is 8.95. The van der Waals surface area contributed by atoms with Crippen LogP contribution in [0.25, 0.3) is 0 Å². The van der Waals surface area contributed by atoms with Crippen molar-refractivity contribution in [2.75, 3.05) is 24.5 Å². The van der Waals surface area contributed by atoms with Crippen molar-refractivity contribution in [3.63, 3.8) is 0 Å². The number of aliphatic hydroxyl groups is 1. The molecule has 5 nitrogen and oxygen atoms in total. The Morgan fingerprint density at radius 2 is 1.69 bits per heavy atom. The first-order chi connectivity index (χ1) is 16.4. The second kappa shape index (κ2) is 9.57. The highest BCUT2D eigenvalue weighted by Crippen LogP contribution is 2.39. The lowest BCUT2D eigenvalue weighted by Gasteiger charge is -2.42. The lowest BCUT2D eigenvalue weighted by molar-refractivity contribution is -0.258. The highest BCUT2D eigenvalue weighted by atomic mass is 32.2. The van der Waals surface area contributed by atoms with Gasteiger partial charge in [0, 0.05) is 31.4 Å². The molecule has 1 N–H and O–H groups in total. The van der Waals surface area contributed by atoms with Crippen LogP contribution in [-0.4, -0.2) is 49.7 Å². The third kappa shape index (κ3) is 5.25. The number of rotatable bonds is 6. The molecule has 2 atom stereocenters. The van der Waals surface area contributed by atoms with E-state index < -0.39 is 21.8 Å². The van der Waals surface area contributed by atoms with Crippen molar-refractivity contribution in [2.45, 2.75) is 42.3 Å². The summed E-state index contributed by atoms with van der Waals surface area (Å²) in [6, 6.07) is 16.7. The SMILES string of the molecule is Cc1ccc(C[C@H]2CN(S(=O)(=O)c3cccs3)CCN2c2ccc(C(C)(O)C(F)(F)F)cc2)cc1. The largest absolute Gasteiger partial charge is 0.421 e. The fourth-order valence-electron chi connectivity index (χ4n) is 4.23. The Bertz CT molecular complexity index is 1240. The summed E-state index contributed by atoms with van der Waals surface area (Å²) < 4.78 is 67.9. The van der Waals surface area contributed by atoms with E-state index >= 15 is 0 Å². The zero-order valence-electron chi connectivity index (χ0n) is 19.4. The topological polar surface area (TPSA) is 60.9 Å². The van der Waals surface area contributed by atoms with Gasteiger partial charge in [0.15, 0.2) is 5.60 Å². The summed E-state index contributed by atoms with van der Waals surface area (Å²) in [6.45, 7) is 3.61. The smallest absolute Gasteiger partial charge is 0.376 e. The van der Waals surface area contributed by atoms with Gasteiger partial charge in [-0.25, -0.2) is 8.42 Å². The summed E-state index contributed by atoms with van der Waals surface area (Å²) in [6.07, 6.45) is -4.23. The number of hydrogen-bond donors (Lipinski definition) is 1. The molecule has 1 unspecified atom stereocenters. The van der Waals surface area contributed by atoms with Gasteiger partial charge in [-0.05, 0) is 55.0 Å². The molecule has 1 fully saturated rings. The molecule has 0 saturated carbocycles. The molecule has 0 aliphatic carbocycles. The van der Waals surface area contributed by atoms with Crippen LogP contribution in [0.15, 0.2) is 70.3 Å². The number of benzene rings is 2. The van der Waals surface area contributed by atoms with Crippen molar-refractivity contribution in [3.05, 3.63) is 82.7 Å². The molecule has 188 valence electrons. The van der Waals surface area contributed by atoms with Crippen molar-refractivity contribution >= 4 is 27.0 Å². The fourth-order valence-corrected chi connectivity index (χ4v) is 6.85. The maximum Gasteiger partial charge on any atom is 0.421 e. The van der Waals surface area contributed by atoms with Gasteiger partial charge in [-0.1, -0.05) is 48.0 Å². The molecule has 0 bridgehead atoms. The van der Waals surface area contributed by atoms with E-state index in [1.165, 1.54) is 27.8 Å². The maximum atomic E-state index is 13.3. The lowest BCUT2D eigenvalue weighted by atomic mass is 9.94. The van der Waals surface area contributed by atoms with Crippen LogP contribution in [0.2, 0.25) is 0 Å². The Kier molecular flexibility index (Phi) is 7.02. The first-order valence-electron chi connectivity index (χ1n) is 11.1. The van der Waals surface area contributed by atoms with E-state index in [9.17, 15) is 26.7 Å². The summed E-state index contributed by atoms with van der Waals surface area (Å²) in [4.78, 5) is 2.03. The van der Waals surface area contributed by atoms with Gasteiger partial charge in [0.1, 0.15) is 4.21 Å². The number of hydrogen-bond acceptors (Lipinski definition) is 5. The van der Waals surface area contributed by atoms with Gasteiger partial charge in [-0.2, -0.15) is 17.5 Å².